The minimum atomic E-state index is 0.323. The molecule has 0 amide bonds. The molecule has 0 aliphatic carbocycles. The van der Waals surface area contributed by atoms with Gasteiger partial charge in [-0.05, 0) is 21.3 Å². The lowest BCUT2D eigenvalue weighted by Gasteiger charge is -1.66. The molecule has 0 aliphatic heterocycles. The molecular formula is HBClPS. The van der Waals surface area contributed by atoms with Crippen LogP contribution >= 0.6 is 28.9 Å². The smallest absolute Gasteiger partial charge is 0.0961 e. The zero-order valence-corrected chi connectivity index (χ0v) is 4.44. The molecule has 0 saturated carbocycles. The third-order valence-corrected chi connectivity index (χ3v) is 1.20. The fourth-order valence-corrected chi connectivity index (χ4v) is 0. The van der Waals surface area contributed by atoms with Gasteiger partial charge in [0.1, 0.15) is 7.57 Å². The molecule has 0 fully saturated rings. The average Bonchev–Trinajstić information content (AvgIpc) is 1.37. The summed E-state index contributed by atoms with van der Waals surface area (Å²) >= 11 is 0. The van der Waals surface area contributed by atoms with Crippen LogP contribution in [0.3, 0.4) is 0 Å². The molecule has 0 heterocycles. The zero-order valence-electron chi connectivity index (χ0n) is 1.86. The van der Waals surface area contributed by atoms with E-state index < -0.39 is 0 Å². The normalized spacial score (nSPS) is 10.2. The van der Waals surface area contributed by atoms with Crippen LogP contribution in [0.4, 0.5) is 0 Å². The molecule has 1 unspecified atom stereocenters. The Labute approximate surface area is 37.1 Å². The molecule has 0 rings (SSSR count). The summed E-state index contributed by atoms with van der Waals surface area (Å²) in [5.74, 6) is 0. The van der Waals surface area contributed by atoms with Crippen molar-refractivity contribution >= 4 is 36.5 Å². The Morgan fingerprint density at radius 1 is 2.00 bits per heavy atom. The van der Waals surface area contributed by atoms with Gasteiger partial charge in [0, 0.05) is 0 Å². The second-order valence-corrected chi connectivity index (χ2v) is 3.14. The number of hydrogen-bond acceptors (Lipinski definition) is 1. The molecular weight excluding hydrogens is 109 g/mol. The van der Waals surface area contributed by atoms with E-state index in [1.165, 1.54) is 0 Å². The first kappa shape index (κ1) is 5.13. The maximum atomic E-state index is 4.99. The van der Waals surface area contributed by atoms with Crippen LogP contribution in [-0.4, -0.2) is 7.57 Å². The highest BCUT2D eigenvalue weighted by Gasteiger charge is 1.58. The lowest BCUT2D eigenvalue weighted by Crippen LogP contribution is -1.17. The van der Waals surface area contributed by atoms with Gasteiger partial charge in [-0.25, -0.2) is 0 Å². The maximum absolute atomic E-state index is 4.99. The molecule has 0 saturated heterocycles. The van der Waals surface area contributed by atoms with Crippen LogP contribution in [0, 0.1) is 0 Å². The van der Waals surface area contributed by atoms with Crippen LogP contribution in [-0.2, 0) is 0 Å². The first-order chi connectivity index (χ1) is 1.91. The summed E-state index contributed by atoms with van der Waals surface area (Å²) in [5, 5.41) is 0. The Kier molecular flexibility index (Phi) is 5.31. The Balaban J connectivity index is 1.97. The number of rotatable bonds is 1. The molecule has 0 aromatic carbocycles. The van der Waals surface area contributed by atoms with Gasteiger partial charge in [-0.3, -0.25) is 0 Å². The Morgan fingerprint density at radius 3 is 2.25 bits per heavy atom. The van der Waals surface area contributed by atoms with Crippen molar-refractivity contribution in [3.8, 4) is 0 Å². The second kappa shape index (κ2) is 4.13. The predicted octanol–water partition coefficient (Wildman–Crippen LogP) is 1.55. The first-order valence-electron chi connectivity index (χ1n) is 0.647. The largest absolute Gasteiger partial charge is 0.121 e. The number of halogens is 1. The van der Waals surface area contributed by atoms with E-state index in [2.05, 4.69) is 0 Å². The van der Waals surface area contributed by atoms with E-state index in [-0.39, 0.29) is 0 Å². The topological polar surface area (TPSA) is 0 Å². The van der Waals surface area contributed by atoms with E-state index >= 15 is 0 Å². The third-order valence-electron chi connectivity index (χ3n) is 0.0445. The molecule has 1 atom stereocenters. The Bertz CT molecular complexity index is 10.0. The molecule has 4 heteroatoms. The fraction of sp³-hybridized carbons (Fsp3) is 0. The van der Waals surface area contributed by atoms with E-state index in [1.807, 2.05) is 0 Å². The summed E-state index contributed by atoms with van der Waals surface area (Å²) in [4.78, 5) is 0. The molecule has 0 nitrogen and oxygen atoms in total. The van der Waals surface area contributed by atoms with Crippen LogP contribution in [0.5, 0.6) is 0 Å². The number of hydrogen-bond donors (Lipinski definition) is 0. The van der Waals surface area contributed by atoms with Gasteiger partial charge in [0.15, 0.2) is 0 Å². The summed E-state index contributed by atoms with van der Waals surface area (Å²) in [7, 11) is 11.3. The molecule has 0 aromatic heterocycles. The highest BCUT2D eigenvalue weighted by atomic mass is 35.7. The highest BCUT2D eigenvalue weighted by molar-refractivity contribution is 8.66. The molecule has 0 N–H and O–H groups in total. The molecule has 0 aliphatic rings. The van der Waals surface area contributed by atoms with Gasteiger partial charge < -0.3 is 0 Å². The van der Waals surface area contributed by atoms with Crippen LogP contribution in [0.25, 0.3) is 0 Å². The van der Waals surface area contributed by atoms with Crippen molar-refractivity contribution in [3.63, 3.8) is 0 Å². The van der Waals surface area contributed by atoms with Crippen molar-refractivity contribution in [3.05, 3.63) is 0 Å². The van der Waals surface area contributed by atoms with Gasteiger partial charge >= 0.3 is 0 Å². The lowest BCUT2D eigenvalue weighted by atomic mass is 10.8. The zero-order chi connectivity index (χ0) is 3.41. The monoisotopic (exact) mass is 110 g/mol. The summed E-state index contributed by atoms with van der Waals surface area (Å²) in [6.07, 6.45) is 0. The third kappa shape index (κ3) is 3.13. The molecule has 0 aromatic rings. The second-order valence-electron chi connectivity index (χ2n) is 0.195. The van der Waals surface area contributed by atoms with Crippen molar-refractivity contribution in [2.24, 2.45) is 0 Å². The molecule has 0 bridgehead atoms. The predicted molar refractivity (Wildman–Crippen MR) is 27.5 cm³/mol. The summed E-state index contributed by atoms with van der Waals surface area (Å²) < 4.78 is 0. The quantitative estimate of drug-likeness (QED) is 0.364. The van der Waals surface area contributed by atoms with Crippen molar-refractivity contribution in [2.45, 2.75) is 0 Å². The van der Waals surface area contributed by atoms with Crippen LogP contribution in [0.1, 0.15) is 0 Å². The average molecular weight is 110 g/mol. The maximum Gasteiger partial charge on any atom is 0.121 e. The van der Waals surface area contributed by atoms with E-state index in [4.69, 9.17) is 18.2 Å². The van der Waals surface area contributed by atoms with Gasteiger partial charge in [0.2, 0.25) is 0 Å². The molecule has 22 valence electrons. The first-order valence-corrected chi connectivity index (χ1v) is 4.09. The standard InChI is InChI=1S/BClHPS/c1-3-4-2/h3H. The van der Waals surface area contributed by atoms with Gasteiger partial charge in [0.05, 0.1) is 0 Å². The van der Waals surface area contributed by atoms with Gasteiger partial charge in [-0.1, -0.05) is 7.66 Å². The summed E-state index contributed by atoms with van der Waals surface area (Å²) in [5.41, 5.74) is 0. The van der Waals surface area contributed by atoms with E-state index in [0.717, 1.165) is 10.6 Å². The fourth-order valence-electron chi connectivity index (χ4n) is 0. The van der Waals surface area contributed by atoms with Crippen LogP contribution in [0.15, 0.2) is 0 Å². The van der Waals surface area contributed by atoms with Gasteiger partial charge in [-0.15, -0.1) is 0 Å². The Hall–Kier alpha value is 1.13. The summed E-state index contributed by atoms with van der Waals surface area (Å²) in [6.45, 7) is 0. The van der Waals surface area contributed by atoms with Crippen LogP contribution in [0.2, 0.25) is 0 Å². The van der Waals surface area contributed by atoms with E-state index in [0.29, 0.717) is 7.66 Å². The van der Waals surface area contributed by atoms with Crippen molar-refractivity contribution in [1.29, 1.82) is 0 Å². The van der Waals surface area contributed by atoms with E-state index in [9.17, 15) is 0 Å². The summed E-state index contributed by atoms with van der Waals surface area (Å²) in [6, 6.07) is 0. The highest BCUT2D eigenvalue weighted by Crippen LogP contribution is 2.26. The minimum Gasteiger partial charge on any atom is -0.0961 e. The lowest BCUT2D eigenvalue weighted by molar-refractivity contribution is 4.97. The minimum absolute atomic E-state index is 0.323. The van der Waals surface area contributed by atoms with Crippen molar-refractivity contribution < 1.29 is 0 Å². The van der Waals surface area contributed by atoms with Gasteiger partial charge in [0.25, 0.3) is 0 Å². The van der Waals surface area contributed by atoms with Crippen LogP contribution < -0.4 is 0 Å². The molecule has 2 radical (unpaired) electrons. The molecule has 0 spiro atoms. The van der Waals surface area contributed by atoms with Crippen molar-refractivity contribution in [2.75, 3.05) is 0 Å². The Morgan fingerprint density at radius 2 is 2.25 bits per heavy atom. The van der Waals surface area contributed by atoms with Crippen molar-refractivity contribution in [1.82, 2.24) is 0 Å². The van der Waals surface area contributed by atoms with E-state index in [1.54, 1.807) is 0 Å². The molecule has 4 heavy (non-hydrogen) atoms. The van der Waals surface area contributed by atoms with Gasteiger partial charge in [-0.2, -0.15) is 0 Å². The SMILES string of the molecule is [B]PSCl.